The van der Waals surface area contributed by atoms with Gasteiger partial charge in [-0.15, -0.1) is 0 Å². The topological polar surface area (TPSA) is 23.5 Å². The molecule has 0 saturated carbocycles. The summed E-state index contributed by atoms with van der Waals surface area (Å²) in [6.07, 6.45) is 4.57. The molecular formula is C17H25BrFNO. The van der Waals surface area contributed by atoms with Crippen molar-refractivity contribution in [1.29, 1.82) is 0 Å². The lowest BCUT2D eigenvalue weighted by Gasteiger charge is -2.46. The van der Waals surface area contributed by atoms with Crippen LogP contribution in [0.1, 0.15) is 45.1 Å². The summed E-state index contributed by atoms with van der Waals surface area (Å²) < 4.78 is 14.2. The van der Waals surface area contributed by atoms with Crippen LogP contribution in [0.4, 0.5) is 4.39 Å². The van der Waals surface area contributed by atoms with E-state index < -0.39 is 6.10 Å². The van der Waals surface area contributed by atoms with Crippen LogP contribution in [0.3, 0.4) is 0 Å². The van der Waals surface area contributed by atoms with Crippen LogP contribution in [0.2, 0.25) is 0 Å². The van der Waals surface area contributed by atoms with Gasteiger partial charge >= 0.3 is 0 Å². The van der Waals surface area contributed by atoms with Crippen molar-refractivity contribution in [2.75, 3.05) is 13.1 Å². The predicted molar refractivity (Wildman–Crippen MR) is 87.9 cm³/mol. The molecule has 118 valence electrons. The third-order valence-corrected chi connectivity index (χ3v) is 5.32. The van der Waals surface area contributed by atoms with Crippen LogP contribution in [0.5, 0.6) is 0 Å². The minimum Gasteiger partial charge on any atom is -0.391 e. The number of likely N-dealkylation sites (tertiary alicyclic amines) is 1. The highest BCUT2D eigenvalue weighted by Gasteiger charge is 2.37. The number of benzene rings is 1. The molecule has 0 aliphatic carbocycles. The lowest BCUT2D eigenvalue weighted by Crippen LogP contribution is -2.56. The molecular weight excluding hydrogens is 333 g/mol. The van der Waals surface area contributed by atoms with Gasteiger partial charge in [0.25, 0.3) is 0 Å². The Labute approximate surface area is 135 Å². The van der Waals surface area contributed by atoms with E-state index in [0.717, 1.165) is 29.5 Å². The van der Waals surface area contributed by atoms with Gasteiger partial charge in [-0.3, -0.25) is 4.90 Å². The smallest absolute Gasteiger partial charge is 0.124 e. The zero-order valence-corrected chi connectivity index (χ0v) is 14.5. The summed E-state index contributed by atoms with van der Waals surface area (Å²) in [6, 6.07) is 4.85. The quantitative estimate of drug-likeness (QED) is 0.855. The minimum absolute atomic E-state index is 0.237. The third kappa shape index (κ3) is 4.05. The Hall–Kier alpha value is -0.450. The van der Waals surface area contributed by atoms with Crippen LogP contribution >= 0.6 is 15.9 Å². The molecule has 2 unspecified atom stereocenters. The molecule has 1 N–H and O–H groups in total. The van der Waals surface area contributed by atoms with E-state index in [9.17, 15) is 9.50 Å². The van der Waals surface area contributed by atoms with E-state index in [1.807, 2.05) is 6.07 Å². The first kappa shape index (κ1) is 16.9. The highest BCUT2D eigenvalue weighted by molar-refractivity contribution is 9.10. The molecule has 1 aliphatic heterocycles. The molecule has 2 nitrogen and oxygen atoms in total. The van der Waals surface area contributed by atoms with Crippen molar-refractivity contribution in [3.05, 3.63) is 34.1 Å². The predicted octanol–water partition coefficient (Wildman–Crippen LogP) is 4.15. The van der Waals surface area contributed by atoms with Crippen molar-refractivity contribution < 1.29 is 9.50 Å². The van der Waals surface area contributed by atoms with Crippen molar-refractivity contribution in [2.45, 2.75) is 57.6 Å². The summed E-state index contributed by atoms with van der Waals surface area (Å²) >= 11 is 3.31. The molecule has 1 aromatic carbocycles. The van der Waals surface area contributed by atoms with Crippen LogP contribution in [-0.4, -0.2) is 34.7 Å². The molecule has 2 atom stereocenters. The summed E-state index contributed by atoms with van der Waals surface area (Å²) in [7, 11) is 0. The van der Waals surface area contributed by atoms with Gasteiger partial charge in [-0.25, -0.2) is 4.39 Å². The molecule has 0 aromatic heterocycles. The van der Waals surface area contributed by atoms with Gasteiger partial charge in [0.05, 0.1) is 6.10 Å². The Balaban J connectivity index is 2.13. The van der Waals surface area contributed by atoms with Crippen LogP contribution in [-0.2, 0) is 6.42 Å². The van der Waals surface area contributed by atoms with Gasteiger partial charge in [0.1, 0.15) is 5.82 Å². The van der Waals surface area contributed by atoms with E-state index in [1.54, 1.807) is 0 Å². The van der Waals surface area contributed by atoms with E-state index in [-0.39, 0.29) is 11.4 Å². The first-order valence-corrected chi connectivity index (χ1v) is 8.63. The standard InChI is InChI=1S/C17H25BrFNO/c1-3-17(2,20-7-5-4-6-8-20)16(21)11-13-9-14(18)12-15(19)10-13/h9-10,12,16,21H,3-8,11H2,1-2H3. The molecule has 0 radical (unpaired) electrons. The van der Waals surface area contributed by atoms with Gasteiger partial charge in [-0.05, 0) is 63.0 Å². The fourth-order valence-electron chi connectivity index (χ4n) is 3.25. The number of hydrogen-bond acceptors (Lipinski definition) is 2. The van der Waals surface area contributed by atoms with E-state index in [1.165, 1.54) is 31.4 Å². The van der Waals surface area contributed by atoms with Gasteiger partial charge < -0.3 is 5.11 Å². The normalized spacial score (nSPS) is 21.0. The maximum atomic E-state index is 13.5. The summed E-state index contributed by atoms with van der Waals surface area (Å²) in [5.41, 5.74) is 0.602. The maximum Gasteiger partial charge on any atom is 0.124 e. The van der Waals surface area contributed by atoms with Gasteiger partial charge in [0.2, 0.25) is 0 Å². The molecule has 4 heteroatoms. The molecule has 1 heterocycles. The SMILES string of the molecule is CCC(C)(C(O)Cc1cc(F)cc(Br)c1)N1CCCCC1. The van der Waals surface area contributed by atoms with Crippen LogP contribution < -0.4 is 0 Å². The average Bonchev–Trinajstić information content (AvgIpc) is 2.46. The highest BCUT2D eigenvalue weighted by atomic mass is 79.9. The minimum atomic E-state index is -0.491. The van der Waals surface area contributed by atoms with Crippen molar-refractivity contribution in [1.82, 2.24) is 4.90 Å². The Morgan fingerprint density at radius 2 is 1.95 bits per heavy atom. The zero-order chi connectivity index (χ0) is 15.5. The molecule has 1 aromatic rings. The largest absolute Gasteiger partial charge is 0.391 e. The Kier molecular flexibility index (Phi) is 5.81. The maximum absolute atomic E-state index is 13.5. The highest BCUT2D eigenvalue weighted by Crippen LogP contribution is 2.29. The van der Waals surface area contributed by atoms with Crippen LogP contribution in [0.25, 0.3) is 0 Å². The summed E-state index contributed by atoms with van der Waals surface area (Å²) in [5.74, 6) is -0.261. The Morgan fingerprint density at radius 1 is 1.29 bits per heavy atom. The van der Waals surface area contributed by atoms with Gasteiger partial charge in [0, 0.05) is 16.4 Å². The van der Waals surface area contributed by atoms with Crippen molar-refractivity contribution in [3.63, 3.8) is 0 Å². The number of rotatable bonds is 5. The average molecular weight is 358 g/mol. The molecule has 1 fully saturated rings. The van der Waals surface area contributed by atoms with E-state index in [2.05, 4.69) is 34.7 Å². The fourth-order valence-corrected chi connectivity index (χ4v) is 3.76. The molecule has 2 rings (SSSR count). The fraction of sp³-hybridized carbons (Fsp3) is 0.647. The summed E-state index contributed by atoms with van der Waals surface area (Å²) in [5, 5.41) is 10.8. The van der Waals surface area contributed by atoms with Gasteiger partial charge in [-0.1, -0.05) is 29.3 Å². The molecule has 0 amide bonds. The number of halogens is 2. The number of aliphatic hydroxyl groups is 1. The van der Waals surface area contributed by atoms with E-state index in [0.29, 0.717) is 6.42 Å². The van der Waals surface area contributed by atoms with Crippen LogP contribution in [0.15, 0.2) is 22.7 Å². The Morgan fingerprint density at radius 3 is 2.52 bits per heavy atom. The monoisotopic (exact) mass is 357 g/mol. The summed E-state index contributed by atoms with van der Waals surface area (Å²) in [4.78, 5) is 2.41. The molecule has 1 aliphatic rings. The molecule has 1 saturated heterocycles. The van der Waals surface area contributed by atoms with E-state index in [4.69, 9.17) is 0 Å². The lowest BCUT2D eigenvalue weighted by molar-refractivity contribution is -0.0328. The second kappa shape index (κ2) is 7.21. The first-order valence-electron chi connectivity index (χ1n) is 7.84. The van der Waals surface area contributed by atoms with Crippen LogP contribution in [0, 0.1) is 5.82 Å². The second-order valence-corrected chi connectivity index (χ2v) is 7.17. The number of nitrogens with zero attached hydrogens (tertiary/aromatic N) is 1. The molecule has 0 bridgehead atoms. The zero-order valence-electron chi connectivity index (χ0n) is 12.9. The first-order chi connectivity index (χ1) is 9.95. The second-order valence-electron chi connectivity index (χ2n) is 6.26. The summed E-state index contributed by atoms with van der Waals surface area (Å²) in [6.45, 7) is 6.36. The Bertz CT molecular complexity index is 456. The lowest BCUT2D eigenvalue weighted by atomic mass is 9.84. The number of aliphatic hydroxyl groups excluding tert-OH is 1. The van der Waals surface area contributed by atoms with Gasteiger partial charge in [0.15, 0.2) is 0 Å². The third-order valence-electron chi connectivity index (χ3n) is 4.86. The van der Waals surface area contributed by atoms with Gasteiger partial charge in [-0.2, -0.15) is 0 Å². The van der Waals surface area contributed by atoms with Crippen molar-refractivity contribution >= 4 is 15.9 Å². The molecule has 0 spiro atoms. The van der Waals surface area contributed by atoms with Crippen molar-refractivity contribution in [2.24, 2.45) is 0 Å². The van der Waals surface area contributed by atoms with Crippen molar-refractivity contribution in [3.8, 4) is 0 Å². The number of hydrogen-bond donors (Lipinski definition) is 1. The number of piperidine rings is 1. The molecule has 21 heavy (non-hydrogen) atoms. The van der Waals surface area contributed by atoms with E-state index >= 15 is 0 Å².